The summed E-state index contributed by atoms with van der Waals surface area (Å²) in [5, 5.41) is 12.5. The Balaban J connectivity index is 1.86. The summed E-state index contributed by atoms with van der Waals surface area (Å²) in [5.74, 6) is -1.31. The number of esters is 1. The summed E-state index contributed by atoms with van der Waals surface area (Å²) in [6.07, 6.45) is 0. The molecule has 7 nitrogen and oxygen atoms in total. The number of pyridine rings is 1. The Morgan fingerprint density at radius 2 is 2.04 bits per heavy atom. The molecule has 0 unspecified atom stereocenters. The average molecular weight is 406 g/mol. The quantitative estimate of drug-likeness (QED) is 0.564. The summed E-state index contributed by atoms with van der Waals surface area (Å²) in [4.78, 5) is 37.7. The van der Waals surface area contributed by atoms with Crippen LogP contribution in [0, 0.1) is 25.2 Å². The minimum atomic E-state index is -0.650. The lowest BCUT2D eigenvalue weighted by molar-refractivity contribution is -0.144. The first-order valence-electron chi connectivity index (χ1n) is 7.78. The van der Waals surface area contributed by atoms with Gasteiger partial charge in [-0.3, -0.25) is 14.4 Å². The number of carbonyl (C=O) groups excluding carboxylic acids is 2. The van der Waals surface area contributed by atoms with Crippen LogP contribution in [0.5, 0.6) is 0 Å². The Bertz CT molecular complexity index is 982. The fourth-order valence-electron chi connectivity index (χ4n) is 2.09. The summed E-state index contributed by atoms with van der Waals surface area (Å²) in [5.41, 5.74) is 1.83. The molecule has 1 aromatic carbocycles. The van der Waals surface area contributed by atoms with Crippen molar-refractivity contribution in [2.45, 2.75) is 18.9 Å². The van der Waals surface area contributed by atoms with Gasteiger partial charge in [0, 0.05) is 16.8 Å². The van der Waals surface area contributed by atoms with E-state index in [9.17, 15) is 14.4 Å². The molecule has 1 heterocycles. The number of halogens is 1. The van der Waals surface area contributed by atoms with Gasteiger partial charge in [0.1, 0.15) is 6.07 Å². The highest BCUT2D eigenvalue weighted by atomic mass is 35.5. The van der Waals surface area contributed by atoms with E-state index < -0.39 is 18.5 Å². The molecule has 0 radical (unpaired) electrons. The molecule has 0 atom stereocenters. The Labute approximate surface area is 164 Å². The molecule has 1 aromatic heterocycles. The van der Waals surface area contributed by atoms with Crippen molar-refractivity contribution in [1.82, 2.24) is 4.98 Å². The Morgan fingerprint density at radius 1 is 1.30 bits per heavy atom. The monoisotopic (exact) mass is 405 g/mol. The zero-order valence-electron chi connectivity index (χ0n) is 14.6. The highest BCUT2D eigenvalue weighted by Gasteiger charge is 2.13. The predicted octanol–water partition coefficient (Wildman–Crippen LogP) is 2.79. The van der Waals surface area contributed by atoms with Gasteiger partial charge in [-0.25, -0.2) is 0 Å². The van der Waals surface area contributed by atoms with Crippen molar-refractivity contribution >= 4 is 40.9 Å². The highest BCUT2D eigenvalue weighted by Crippen LogP contribution is 2.21. The third-order valence-electron chi connectivity index (χ3n) is 3.47. The van der Waals surface area contributed by atoms with Crippen LogP contribution in [-0.2, 0) is 14.3 Å². The van der Waals surface area contributed by atoms with Crippen LogP contribution in [0.3, 0.4) is 0 Å². The maximum atomic E-state index is 11.8. The van der Waals surface area contributed by atoms with E-state index in [-0.39, 0.29) is 16.3 Å². The van der Waals surface area contributed by atoms with Crippen molar-refractivity contribution in [3.63, 3.8) is 0 Å². The van der Waals surface area contributed by atoms with Crippen LogP contribution < -0.4 is 10.9 Å². The van der Waals surface area contributed by atoms with Gasteiger partial charge in [0.05, 0.1) is 16.3 Å². The number of amides is 1. The second-order valence-electron chi connectivity index (χ2n) is 5.59. The Morgan fingerprint density at radius 3 is 2.70 bits per heavy atom. The molecule has 0 saturated heterocycles. The molecule has 0 saturated carbocycles. The summed E-state index contributed by atoms with van der Waals surface area (Å²) in [7, 11) is 0. The van der Waals surface area contributed by atoms with Crippen molar-refractivity contribution in [2.75, 3.05) is 17.7 Å². The zero-order chi connectivity index (χ0) is 20.0. The van der Waals surface area contributed by atoms with Gasteiger partial charge in [0.2, 0.25) is 5.56 Å². The smallest absolute Gasteiger partial charge is 0.316 e. The number of thioether (sulfide) groups is 1. The van der Waals surface area contributed by atoms with E-state index in [1.54, 1.807) is 25.1 Å². The summed E-state index contributed by atoms with van der Waals surface area (Å²) < 4.78 is 4.91. The standard InChI is InChI=1S/C18H16ClN3O4S/c1-10-3-4-12(6-14(10)19)21-16(24)8-26-17(25)9-27-18-13(7-20)11(2)5-15(23)22-18/h3-6H,8-9H2,1-2H3,(H,21,24)(H,22,23). The number of nitrogens with one attached hydrogen (secondary N) is 2. The van der Waals surface area contributed by atoms with Gasteiger partial charge < -0.3 is 15.0 Å². The molecule has 2 aromatic rings. The number of benzene rings is 1. The van der Waals surface area contributed by atoms with Crippen molar-refractivity contribution in [3.05, 3.63) is 56.3 Å². The summed E-state index contributed by atoms with van der Waals surface area (Å²) in [6, 6.07) is 8.34. The number of hydrogen-bond acceptors (Lipinski definition) is 6. The SMILES string of the molecule is Cc1ccc(NC(=O)COC(=O)CSc2[nH]c(=O)cc(C)c2C#N)cc1Cl. The molecule has 27 heavy (non-hydrogen) atoms. The molecule has 9 heteroatoms. The number of anilines is 1. The van der Waals surface area contributed by atoms with Crippen LogP contribution in [0.1, 0.15) is 16.7 Å². The van der Waals surface area contributed by atoms with Crippen LogP contribution in [0.25, 0.3) is 0 Å². The fourth-order valence-corrected chi connectivity index (χ4v) is 3.14. The molecule has 1 amide bonds. The second-order valence-corrected chi connectivity index (χ2v) is 6.99. The number of carbonyl (C=O) groups is 2. The number of nitrogens with zero attached hydrogens (tertiary/aromatic N) is 1. The number of H-pyrrole nitrogens is 1. The highest BCUT2D eigenvalue weighted by molar-refractivity contribution is 7.99. The topological polar surface area (TPSA) is 112 Å². The molecule has 0 fully saturated rings. The van der Waals surface area contributed by atoms with Crippen LogP contribution in [0.4, 0.5) is 5.69 Å². The number of aromatic amines is 1. The van der Waals surface area contributed by atoms with Crippen LogP contribution in [0.15, 0.2) is 34.1 Å². The minimum absolute atomic E-state index is 0.155. The maximum Gasteiger partial charge on any atom is 0.316 e. The van der Waals surface area contributed by atoms with Gasteiger partial charge in [-0.1, -0.05) is 29.4 Å². The summed E-state index contributed by atoms with van der Waals surface area (Å²) in [6.45, 7) is 3.02. The fraction of sp³-hybridized carbons (Fsp3) is 0.222. The van der Waals surface area contributed by atoms with E-state index in [2.05, 4.69) is 10.3 Å². The molecule has 140 valence electrons. The first-order valence-corrected chi connectivity index (χ1v) is 9.15. The molecule has 0 aliphatic carbocycles. The third kappa shape index (κ3) is 5.88. The van der Waals surface area contributed by atoms with E-state index >= 15 is 0 Å². The minimum Gasteiger partial charge on any atom is -0.455 e. The number of nitriles is 1. The lowest BCUT2D eigenvalue weighted by Gasteiger charge is -2.08. The number of aromatic nitrogens is 1. The lowest BCUT2D eigenvalue weighted by atomic mass is 10.2. The molecule has 2 N–H and O–H groups in total. The molecule has 0 aliphatic rings. The first kappa shape index (κ1) is 20.6. The van der Waals surface area contributed by atoms with Gasteiger partial charge in [0.15, 0.2) is 6.61 Å². The Kier molecular flexibility index (Phi) is 7.05. The van der Waals surface area contributed by atoms with Gasteiger partial charge >= 0.3 is 5.97 Å². The van der Waals surface area contributed by atoms with Crippen LogP contribution in [0.2, 0.25) is 5.02 Å². The predicted molar refractivity (Wildman–Crippen MR) is 103 cm³/mol. The van der Waals surface area contributed by atoms with E-state index in [0.29, 0.717) is 21.8 Å². The van der Waals surface area contributed by atoms with Crippen molar-refractivity contribution < 1.29 is 14.3 Å². The number of rotatable bonds is 6. The molecule has 0 spiro atoms. The van der Waals surface area contributed by atoms with Gasteiger partial charge in [-0.05, 0) is 37.1 Å². The Hall–Kier alpha value is -2.76. The van der Waals surface area contributed by atoms with E-state index in [1.807, 2.05) is 13.0 Å². The number of ether oxygens (including phenoxy) is 1. The van der Waals surface area contributed by atoms with E-state index in [0.717, 1.165) is 17.3 Å². The number of aryl methyl sites for hydroxylation is 2. The van der Waals surface area contributed by atoms with Crippen molar-refractivity contribution in [2.24, 2.45) is 0 Å². The normalized spacial score (nSPS) is 10.1. The second kappa shape index (κ2) is 9.26. The molecular weight excluding hydrogens is 390 g/mol. The molecule has 0 aliphatic heterocycles. The lowest BCUT2D eigenvalue weighted by Crippen LogP contribution is -2.21. The van der Waals surface area contributed by atoms with Crippen LogP contribution in [-0.4, -0.2) is 29.2 Å². The molecular formula is C18H16ClN3O4S. The van der Waals surface area contributed by atoms with E-state index in [1.165, 1.54) is 6.07 Å². The molecule has 2 rings (SSSR count). The number of hydrogen-bond donors (Lipinski definition) is 2. The average Bonchev–Trinajstić information content (AvgIpc) is 2.61. The third-order valence-corrected chi connectivity index (χ3v) is 4.85. The maximum absolute atomic E-state index is 11.8. The largest absolute Gasteiger partial charge is 0.455 e. The van der Waals surface area contributed by atoms with Gasteiger partial charge in [0.25, 0.3) is 5.91 Å². The first-order chi connectivity index (χ1) is 12.8. The van der Waals surface area contributed by atoms with Crippen molar-refractivity contribution in [1.29, 1.82) is 5.26 Å². The van der Waals surface area contributed by atoms with E-state index in [4.69, 9.17) is 21.6 Å². The molecule has 0 bridgehead atoms. The van der Waals surface area contributed by atoms with Crippen LogP contribution >= 0.6 is 23.4 Å². The van der Waals surface area contributed by atoms with Crippen molar-refractivity contribution in [3.8, 4) is 6.07 Å². The van der Waals surface area contributed by atoms with Gasteiger partial charge in [-0.2, -0.15) is 5.26 Å². The van der Waals surface area contributed by atoms with Gasteiger partial charge in [-0.15, -0.1) is 0 Å². The zero-order valence-corrected chi connectivity index (χ0v) is 16.2. The summed E-state index contributed by atoms with van der Waals surface area (Å²) >= 11 is 6.95.